The standard InChI is InChI=1S/C16H22N2O4/c1-2-21-11-15(19)18-14-8-4-3-7-13(14)16(20)17-10-12-6-5-9-22-12/h3-4,7-8,12H,2,5-6,9-11H2,1H3,(H,17,20)(H,18,19). The van der Waals surface area contributed by atoms with Crippen LogP contribution in [0.1, 0.15) is 30.1 Å². The lowest BCUT2D eigenvalue weighted by atomic mass is 10.1. The number of rotatable bonds is 7. The molecule has 1 fully saturated rings. The van der Waals surface area contributed by atoms with E-state index in [9.17, 15) is 9.59 Å². The Balaban J connectivity index is 1.94. The Morgan fingerprint density at radius 2 is 2.18 bits per heavy atom. The lowest BCUT2D eigenvalue weighted by Crippen LogP contribution is -2.32. The van der Waals surface area contributed by atoms with Crippen LogP contribution in [-0.4, -0.2) is 44.3 Å². The Morgan fingerprint density at radius 3 is 2.91 bits per heavy atom. The van der Waals surface area contributed by atoms with E-state index in [0.29, 0.717) is 24.4 Å². The molecule has 6 nitrogen and oxygen atoms in total. The zero-order valence-electron chi connectivity index (χ0n) is 12.8. The summed E-state index contributed by atoms with van der Waals surface area (Å²) in [7, 11) is 0. The number of amides is 2. The molecule has 1 aromatic rings. The van der Waals surface area contributed by atoms with E-state index >= 15 is 0 Å². The maximum absolute atomic E-state index is 12.3. The lowest BCUT2D eigenvalue weighted by Gasteiger charge is -2.13. The first-order valence-electron chi connectivity index (χ1n) is 7.57. The molecule has 1 atom stereocenters. The molecule has 120 valence electrons. The lowest BCUT2D eigenvalue weighted by molar-refractivity contribution is -0.120. The Labute approximate surface area is 130 Å². The normalized spacial score (nSPS) is 17.2. The van der Waals surface area contributed by atoms with E-state index in [-0.39, 0.29) is 24.5 Å². The van der Waals surface area contributed by atoms with Crippen molar-refractivity contribution in [3.63, 3.8) is 0 Å². The van der Waals surface area contributed by atoms with Crippen molar-refractivity contribution < 1.29 is 19.1 Å². The number of nitrogens with one attached hydrogen (secondary N) is 2. The predicted octanol–water partition coefficient (Wildman–Crippen LogP) is 1.57. The Bertz CT molecular complexity index is 513. The molecule has 22 heavy (non-hydrogen) atoms. The first-order valence-corrected chi connectivity index (χ1v) is 7.57. The first-order chi connectivity index (χ1) is 10.7. The average molecular weight is 306 g/mol. The van der Waals surface area contributed by atoms with Gasteiger partial charge in [0.05, 0.1) is 17.4 Å². The van der Waals surface area contributed by atoms with Crippen LogP contribution in [0.15, 0.2) is 24.3 Å². The van der Waals surface area contributed by atoms with Crippen molar-refractivity contribution in [2.45, 2.75) is 25.9 Å². The van der Waals surface area contributed by atoms with E-state index in [4.69, 9.17) is 9.47 Å². The topological polar surface area (TPSA) is 76.7 Å². The van der Waals surface area contributed by atoms with Crippen LogP contribution in [0.3, 0.4) is 0 Å². The highest BCUT2D eigenvalue weighted by Gasteiger charge is 2.18. The average Bonchev–Trinajstić information content (AvgIpc) is 3.04. The molecule has 2 N–H and O–H groups in total. The number of hydrogen-bond donors (Lipinski definition) is 2. The third-order valence-corrected chi connectivity index (χ3v) is 3.40. The molecule has 2 amide bonds. The molecule has 0 bridgehead atoms. The van der Waals surface area contributed by atoms with Gasteiger partial charge in [0.25, 0.3) is 5.91 Å². The van der Waals surface area contributed by atoms with Gasteiger partial charge in [-0.1, -0.05) is 12.1 Å². The molecule has 0 aliphatic carbocycles. The monoisotopic (exact) mass is 306 g/mol. The second-order valence-corrected chi connectivity index (χ2v) is 5.08. The van der Waals surface area contributed by atoms with E-state index in [0.717, 1.165) is 19.4 Å². The molecule has 0 aromatic heterocycles. The molecule has 0 spiro atoms. The SMILES string of the molecule is CCOCC(=O)Nc1ccccc1C(=O)NCC1CCCO1. The number of para-hydroxylation sites is 1. The largest absolute Gasteiger partial charge is 0.376 e. The highest BCUT2D eigenvalue weighted by atomic mass is 16.5. The molecule has 1 aromatic carbocycles. The van der Waals surface area contributed by atoms with Crippen molar-refractivity contribution in [1.82, 2.24) is 5.32 Å². The quantitative estimate of drug-likeness (QED) is 0.801. The van der Waals surface area contributed by atoms with Crippen LogP contribution in [0.4, 0.5) is 5.69 Å². The second-order valence-electron chi connectivity index (χ2n) is 5.08. The van der Waals surface area contributed by atoms with E-state index in [2.05, 4.69) is 10.6 Å². The molecule has 1 heterocycles. The van der Waals surface area contributed by atoms with Gasteiger partial charge in [0.1, 0.15) is 6.61 Å². The summed E-state index contributed by atoms with van der Waals surface area (Å²) in [5, 5.41) is 5.55. The maximum Gasteiger partial charge on any atom is 0.253 e. The van der Waals surface area contributed by atoms with Crippen molar-refractivity contribution in [2.24, 2.45) is 0 Å². The summed E-state index contributed by atoms with van der Waals surface area (Å²) in [6, 6.07) is 6.91. The highest BCUT2D eigenvalue weighted by molar-refractivity contribution is 6.03. The number of benzene rings is 1. The van der Waals surface area contributed by atoms with Crippen LogP contribution >= 0.6 is 0 Å². The molecule has 0 radical (unpaired) electrons. The van der Waals surface area contributed by atoms with Crippen LogP contribution in [0, 0.1) is 0 Å². The fourth-order valence-corrected chi connectivity index (χ4v) is 2.28. The second kappa shape index (κ2) is 8.51. The van der Waals surface area contributed by atoms with Gasteiger partial charge in [0.2, 0.25) is 5.91 Å². The minimum Gasteiger partial charge on any atom is -0.376 e. The van der Waals surface area contributed by atoms with Gasteiger partial charge in [-0.3, -0.25) is 9.59 Å². The number of carbonyl (C=O) groups is 2. The molecule has 0 saturated carbocycles. The fraction of sp³-hybridized carbons (Fsp3) is 0.500. The molecule has 1 unspecified atom stereocenters. The van der Waals surface area contributed by atoms with Crippen molar-refractivity contribution in [3.8, 4) is 0 Å². The molecule has 1 saturated heterocycles. The van der Waals surface area contributed by atoms with Crippen LogP contribution in [0.25, 0.3) is 0 Å². The third kappa shape index (κ3) is 4.82. The number of anilines is 1. The van der Waals surface area contributed by atoms with Crippen LogP contribution in [-0.2, 0) is 14.3 Å². The van der Waals surface area contributed by atoms with Gasteiger partial charge in [-0.15, -0.1) is 0 Å². The first kappa shape index (κ1) is 16.5. The summed E-state index contributed by atoms with van der Waals surface area (Å²) >= 11 is 0. The molecule has 2 rings (SSSR count). The summed E-state index contributed by atoms with van der Waals surface area (Å²) in [4.78, 5) is 24.0. The van der Waals surface area contributed by atoms with Crippen LogP contribution in [0.2, 0.25) is 0 Å². The summed E-state index contributed by atoms with van der Waals surface area (Å²) in [6.45, 7) is 3.50. The summed E-state index contributed by atoms with van der Waals surface area (Å²) in [5.41, 5.74) is 0.919. The number of ether oxygens (including phenoxy) is 2. The Kier molecular flexibility index (Phi) is 6.36. The van der Waals surface area contributed by atoms with Gasteiger partial charge in [-0.2, -0.15) is 0 Å². The van der Waals surface area contributed by atoms with E-state index in [1.165, 1.54) is 0 Å². The molecule has 1 aliphatic heterocycles. The zero-order chi connectivity index (χ0) is 15.8. The van der Waals surface area contributed by atoms with Gasteiger partial charge >= 0.3 is 0 Å². The highest BCUT2D eigenvalue weighted by Crippen LogP contribution is 2.16. The van der Waals surface area contributed by atoms with Crippen LogP contribution in [0.5, 0.6) is 0 Å². The van der Waals surface area contributed by atoms with Gasteiger partial charge < -0.3 is 20.1 Å². The van der Waals surface area contributed by atoms with Gasteiger partial charge in [0, 0.05) is 19.8 Å². The van der Waals surface area contributed by atoms with Crippen LogP contribution < -0.4 is 10.6 Å². The Morgan fingerprint density at radius 1 is 1.36 bits per heavy atom. The molecule has 1 aliphatic rings. The van der Waals surface area contributed by atoms with Crippen molar-refractivity contribution in [3.05, 3.63) is 29.8 Å². The molecular weight excluding hydrogens is 284 g/mol. The minimum absolute atomic E-state index is 0.0254. The van der Waals surface area contributed by atoms with E-state index < -0.39 is 0 Å². The maximum atomic E-state index is 12.3. The smallest absolute Gasteiger partial charge is 0.253 e. The van der Waals surface area contributed by atoms with Gasteiger partial charge in [-0.25, -0.2) is 0 Å². The molecular formula is C16H22N2O4. The minimum atomic E-state index is -0.277. The number of hydrogen-bond acceptors (Lipinski definition) is 4. The van der Waals surface area contributed by atoms with Crippen molar-refractivity contribution in [2.75, 3.05) is 31.7 Å². The summed E-state index contributed by atoms with van der Waals surface area (Å²) < 4.78 is 10.5. The zero-order valence-corrected chi connectivity index (χ0v) is 12.8. The van der Waals surface area contributed by atoms with Gasteiger partial charge in [0.15, 0.2) is 0 Å². The predicted molar refractivity (Wildman–Crippen MR) is 82.9 cm³/mol. The number of carbonyl (C=O) groups excluding carboxylic acids is 2. The molecule has 6 heteroatoms. The van der Waals surface area contributed by atoms with Gasteiger partial charge in [-0.05, 0) is 31.9 Å². The van der Waals surface area contributed by atoms with Crippen molar-refractivity contribution in [1.29, 1.82) is 0 Å². The summed E-state index contributed by atoms with van der Waals surface area (Å²) in [5.74, 6) is -0.496. The summed E-state index contributed by atoms with van der Waals surface area (Å²) in [6.07, 6.45) is 2.08. The fourth-order valence-electron chi connectivity index (χ4n) is 2.28. The Hall–Kier alpha value is -1.92. The van der Waals surface area contributed by atoms with E-state index in [1.54, 1.807) is 24.3 Å². The van der Waals surface area contributed by atoms with E-state index in [1.807, 2.05) is 6.92 Å². The third-order valence-electron chi connectivity index (χ3n) is 3.40. The van der Waals surface area contributed by atoms with Crippen molar-refractivity contribution >= 4 is 17.5 Å².